The maximum atomic E-state index is 12.7. The van der Waals surface area contributed by atoms with Crippen molar-refractivity contribution in [3.8, 4) is 22.6 Å². The maximum absolute atomic E-state index is 12.7. The molecule has 0 bridgehead atoms. The second-order valence-corrected chi connectivity index (χ2v) is 16.6. The third-order valence-corrected chi connectivity index (χ3v) is 10.9. The number of carbonyl (C=O) groups is 1. The summed E-state index contributed by atoms with van der Waals surface area (Å²) < 4.78 is 56.1. The van der Waals surface area contributed by atoms with Crippen LogP contribution in [0.2, 0.25) is 0 Å². The fourth-order valence-electron chi connectivity index (χ4n) is 5.90. The van der Waals surface area contributed by atoms with Gasteiger partial charge in [-0.3, -0.25) is 4.55 Å². The molecule has 22 heteroatoms. The summed E-state index contributed by atoms with van der Waals surface area (Å²) in [5, 5.41) is 56.6. The minimum Gasteiger partial charge on any atom is -0.507 e. The average Bonchev–Trinajstić information content (AvgIpc) is 3.19. The predicted octanol–water partition coefficient (Wildman–Crippen LogP) is 9.28. The molecule has 0 aliphatic rings. The molecular weight excluding hydrogens is 876 g/mol. The van der Waals surface area contributed by atoms with Gasteiger partial charge in [-0.1, -0.05) is 48.5 Å². The Labute approximate surface area is 418 Å². The van der Waals surface area contributed by atoms with Gasteiger partial charge in [0.15, 0.2) is 14.5 Å². The minimum absolute atomic E-state index is 0. The fourth-order valence-corrected chi connectivity index (χ4v) is 7.50. The fraction of sp³-hybridized carbons (Fsp3) is 0. The first-order chi connectivity index (χ1) is 27.6. The van der Waals surface area contributed by atoms with Crippen molar-refractivity contribution in [3.63, 3.8) is 0 Å². The number of aromatic hydroxyl groups is 2. The Hall–Kier alpha value is -4.03. The molecule has 0 saturated heterocycles. The number of hydrogen-bond acceptors (Lipinski definition) is 14. The van der Waals surface area contributed by atoms with Crippen LogP contribution in [0.1, 0.15) is 10.4 Å². The molecule has 293 valence electrons. The number of phenols is 2. The molecule has 1 unspecified atom stereocenters. The first kappa shape index (κ1) is 49.6. The minimum atomic E-state index is -4.70. The van der Waals surface area contributed by atoms with Crippen LogP contribution in [0.3, 0.4) is 0 Å². The molecule has 7 aromatic rings. The van der Waals surface area contributed by atoms with Crippen LogP contribution in [-0.4, -0.2) is 132 Å². The quantitative estimate of drug-likeness (QED) is 0.0326. The summed E-state index contributed by atoms with van der Waals surface area (Å²) >= 11 is 4.79. The number of hydrogen-bond donors (Lipinski definition) is 6. The van der Waals surface area contributed by atoms with Gasteiger partial charge in [-0.05, 0) is 89.3 Å². The van der Waals surface area contributed by atoms with Crippen molar-refractivity contribution in [1.82, 2.24) is 0 Å². The number of nitrogens with zero attached hydrogens (tertiary/aromatic N) is 6. The Morgan fingerprint density at radius 1 is 0.607 bits per heavy atom. The molecule has 0 fully saturated rings. The van der Waals surface area contributed by atoms with E-state index in [0.717, 1.165) is 29.3 Å². The summed E-state index contributed by atoms with van der Waals surface area (Å²) in [5.41, 5.74) is 8.99. The number of nitrogen functional groups attached to an aromatic ring is 1. The predicted molar refractivity (Wildman–Crippen MR) is 237 cm³/mol. The van der Waals surface area contributed by atoms with Gasteiger partial charge in [0.2, 0.25) is 0 Å². The van der Waals surface area contributed by atoms with Crippen molar-refractivity contribution in [3.05, 3.63) is 127 Å². The van der Waals surface area contributed by atoms with Gasteiger partial charge in [-0.25, -0.2) is 9.00 Å². The van der Waals surface area contributed by atoms with Crippen molar-refractivity contribution >= 4 is 186 Å². The monoisotopic (exact) mass is 902 g/mol. The van der Waals surface area contributed by atoms with Gasteiger partial charge in [0.25, 0.3) is 10.1 Å². The third kappa shape index (κ3) is 11.3. The average molecular weight is 903 g/mol. The van der Waals surface area contributed by atoms with E-state index in [1.165, 1.54) is 18.2 Å². The molecule has 0 aromatic heterocycles. The third-order valence-electron chi connectivity index (χ3n) is 8.70. The second kappa shape index (κ2) is 20.4. The van der Waals surface area contributed by atoms with Crippen molar-refractivity contribution in [2.45, 2.75) is 9.79 Å². The van der Waals surface area contributed by atoms with Gasteiger partial charge in [0.1, 0.15) is 17.0 Å². The van der Waals surface area contributed by atoms with Gasteiger partial charge in [0.05, 0.1) is 38.2 Å². The number of anilines is 1. The van der Waals surface area contributed by atoms with E-state index in [-0.39, 0.29) is 122 Å². The van der Waals surface area contributed by atoms with E-state index in [0.29, 0.717) is 33.5 Å². The van der Waals surface area contributed by atoms with E-state index in [9.17, 15) is 41.8 Å². The number of phenolic OH excluding ortho intramolecular Hbond substituents is 1. The molecule has 61 heavy (non-hydrogen) atoms. The molecule has 0 heterocycles. The van der Waals surface area contributed by atoms with E-state index in [1.54, 1.807) is 60.7 Å². The zero-order chi connectivity index (χ0) is 41.4. The van der Waals surface area contributed by atoms with E-state index >= 15 is 0 Å². The Kier molecular flexibility index (Phi) is 16.6. The van der Waals surface area contributed by atoms with Crippen LogP contribution in [0.25, 0.3) is 32.7 Å². The van der Waals surface area contributed by atoms with Gasteiger partial charge in [0, 0.05) is 122 Å². The Bertz CT molecular complexity index is 3140. The van der Waals surface area contributed by atoms with Crippen molar-refractivity contribution < 1.29 is 41.8 Å². The van der Waals surface area contributed by atoms with Gasteiger partial charge >= 0.3 is 5.97 Å². The number of benzene rings is 7. The molecule has 0 spiro atoms. The molecule has 7 aromatic carbocycles. The van der Waals surface area contributed by atoms with Crippen LogP contribution in [0.5, 0.6) is 11.5 Å². The van der Waals surface area contributed by atoms with Gasteiger partial charge < -0.3 is 25.6 Å². The van der Waals surface area contributed by atoms with Crippen molar-refractivity contribution in [2.75, 3.05) is 5.73 Å². The number of rotatable bonds is 10. The summed E-state index contributed by atoms with van der Waals surface area (Å²) in [6, 6.07) is 31.8. The Morgan fingerprint density at radius 2 is 1.10 bits per heavy atom. The summed E-state index contributed by atoms with van der Waals surface area (Å²) in [4.78, 5) is 10.2. The van der Waals surface area contributed by atoms with Crippen LogP contribution in [-0.2, 0) is 30.1 Å². The van der Waals surface area contributed by atoms with E-state index in [2.05, 4.69) is 30.7 Å². The van der Waals surface area contributed by atoms with Crippen molar-refractivity contribution in [2.24, 2.45) is 30.7 Å². The summed E-state index contributed by atoms with van der Waals surface area (Å²) in [6.07, 6.45) is 0. The first-order valence-corrected chi connectivity index (χ1v) is 20.5. The zero-order valence-electron chi connectivity index (χ0n) is 32.4. The largest absolute Gasteiger partial charge is 0.507 e. The molecular formula is C39H27N7Na3O9S3. The number of nitrogens with two attached hydrogens (primary N) is 1. The normalized spacial score (nSPS) is 12.6. The molecule has 7 N–H and O–H groups in total. The Morgan fingerprint density at radius 3 is 1.61 bits per heavy atom. The van der Waals surface area contributed by atoms with E-state index in [4.69, 9.17) is 16.9 Å². The number of carboxylic acid groups (broad SMARTS) is 1. The zero-order valence-corrected chi connectivity index (χ0v) is 40.9. The van der Waals surface area contributed by atoms with Crippen molar-refractivity contribution in [1.29, 1.82) is 0 Å². The number of fused-ring (bicyclic) bond motifs is 2. The SMILES string of the molecule is Nc1cc(S(=O)(=O)O)cc2cc(S(=O)(O)=S)c(N=Nc3ccc(N=Nc4ccc(-c5ccc(N=Nc6ccc(O)c(C(=O)O)c6)cc5)cc4)c4ccccc34)c(O)c12.[Na].[Na].[Na]. The number of carboxylic acids is 1. The van der Waals surface area contributed by atoms with Gasteiger partial charge in [-0.2, -0.15) is 23.8 Å². The van der Waals surface area contributed by atoms with Crippen LogP contribution in [0.4, 0.5) is 39.8 Å². The van der Waals surface area contributed by atoms with Gasteiger partial charge in [-0.15, -0.1) is 15.3 Å². The topological polar surface area (TPSA) is 270 Å². The second-order valence-electron chi connectivity index (χ2n) is 12.5. The Balaban J connectivity index is 0.00000273. The smallest absolute Gasteiger partial charge is 0.339 e. The van der Waals surface area contributed by atoms with E-state index in [1.807, 2.05) is 24.3 Å². The molecule has 7 rings (SSSR count). The molecule has 1 atom stereocenters. The summed E-state index contributed by atoms with van der Waals surface area (Å²) in [7, 11) is -8.92. The molecule has 0 amide bonds. The standard InChI is InChI=1S/C39H27N7O9S3.3Na/c40-31-20-27(57(51,52)53)17-23-18-35(58(54,55)56)37(38(48)36(23)31)46-45-33-15-14-32(28-3-1-2-4-29(28)33)44-42-25-11-7-22(8-12-25)21-5-9-24(10-6-21)41-43-26-13-16-34(47)30(19-26)39(49)50;;;/h1-20,47-48H,40H2,(H,49,50)(H,51,52,53)(H,54,55,56);;;. The van der Waals surface area contributed by atoms with Crippen LogP contribution < -0.4 is 5.73 Å². The molecule has 0 aliphatic carbocycles. The van der Waals surface area contributed by atoms with Crippen LogP contribution >= 0.6 is 0 Å². The first-order valence-electron chi connectivity index (χ1n) is 16.6. The summed E-state index contributed by atoms with van der Waals surface area (Å²) in [5.74, 6) is -2.31. The molecule has 16 nitrogen and oxygen atoms in total. The number of aromatic carboxylic acids is 1. The maximum Gasteiger partial charge on any atom is 0.339 e. The molecule has 3 radical (unpaired) electrons. The summed E-state index contributed by atoms with van der Waals surface area (Å²) in [6.45, 7) is 0. The number of azo groups is 3. The van der Waals surface area contributed by atoms with Crippen LogP contribution in [0, 0.1) is 0 Å². The molecule has 0 saturated carbocycles. The van der Waals surface area contributed by atoms with E-state index < -0.39 is 46.1 Å². The van der Waals surface area contributed by atoms with Crippen LogP contribution in [0.15, 0.2) is 162 Å². The molecule has 0 aliphatic heterocycles.